The Bertz CT molecular complexity index is 1060. The number of benzene rings is 2. The summed E-state index contributed by atoms with van der Waals surface area (Å²) >= 11 is 0. The quantitative estimate of drug-likeness (QED) is 0.755. The van der Waals surface area contributed by atoms with Crippen LogP contribution in [0.3, 0.4) is 0 Å². The van der Waals surface area contributed by atoms with Crippen LogP contribution in [0.1, 0.15) is 41.6 Å². The second-order valence-electron chi connectivity index (χ2n) is 7.87. The second kappa shape index (κ2) is 8.37. The molecule has 3 N–H and O–H groups in total. The van der Waals surface area contributed by atoms with Crippen molar-refractivity contribution >= 4 is 16.0 Å². The number of carboxylic acids is 1. The Labute approximate surface area is 176 Å². The van der Waals surface area contributed by atoms with Crippen molar-refractivity contribution in [2.24, 2.45) is 5.73 Å². The number of rotatable bonds is 5. The van der Waals surface area contributed by atoms with Crippen molar-refractivity contribution in [2.45, 2.75) is 43.1 Å². The predicted octanol–water partition coefficient (Wildman–Crippen LogP) is 2.88. The molecule has 2 aromatic rings. The highest BCUT2D eigenvalue weighted by molar-refractivity contribution is 7.89. The van der Waals surface area contributed by atoms with Gasteiger partial charge in [-0.1, -0.05) is 18.9 Å². The highest BCUT2D eigenvalue weighted by Crippen LogP contribution is 2.34. The van der Waals surface area contributed by atoms with Gasteiger partial charge < -0.3 is 15.6 Å². The van der Waals surface area contributed by atoms with E-state index in [0.717, 1.165) is 42.6 Å². The Morgan fingerprint density at radius 3 is 2.47 bits per heavy atom. The largest absolute Gasteiger partial charge is 0.488 e. The van der Waals surface area contributed by atoms with Gasteiger partial charge in [0.2, 0.25) is 10.0 Å². The number of nitrogens with two attached hydrogens (primary N) is 1. The minimum absolute atomic E-state index is 0.0240. The molecule has 2 heterocycles. The fourth-order valence-corrected chi connectivity index (χ4v) is 5.69. The Balaban J connectivity index is 1.75. The van der Waals surface area contributed by atoms with E-state index < -0.39 is 16.0 Å². The third-order valence-electron chi connectivity index (χ3n) is 5.75. The van der Waals surface area contributed by atoms with Crippen LogP contribution in [-0.4, -0.2) is 49.5 Å². The van der Waals surface area contributed by atoms with E-state index >= 15 is 0 Å². The van der Waals surface area contributed by atoms with Gasteiger partial charge in [0.25, 0.3) is 0 Å². The van der Waals surface area contributed by atoms with Crippen LogP contribution in [0.5, 0.6) is 5.75 Å². The molecule has 0 aromatic heterocycles. The standard InChI is InChI=1S/C22H26N2O5S/c23-14-19-11-17-9-15(5-6-21(17)29-19)16-10-18(22(25)26)13-20(12-16)30(27,28)24-7-3-1-2-4-8-24/h5-6,9-10,12-13,19H,1-4,7-8,11,14,23H2,(H,25,26)/t19-/m0/s1. The van der Waals surface area contributed by atoms with Crippen LogP contribution in [0.25, 0.3) is 11.1 Å². The van der Waals surface area contributed by atoms with Crippen molar-refractivity contribution in [1.82, 2.24) is 4.31 Å². The summed E-state index contributed by atoms with van der Waals surface area (Å²) in [6.45, 7) is 1.34. The number of hydrogen-bond acceptors (Lipinski definition) is 5. The molecule has 30 heavy (non-hydrogen) atoms. The lowest BCUT2D eigenvalue weighted by molar-refractivity contribution is 0.0696. The maximum atomic E-state index is 13.3. The van der Waals surface area contributed by atoms with E-state index in [2.05, 4.69) is 0 Å². The SMILES string of the molecule is NC[C@@H]1Cc2cc(-c3cc(C(=O)O)cc(S(=O)(=O)N4CCCCCC4)c3)ccc2O1. The van der Waals surface area contributed by atoms with Crippen molar-refractivity contribution in [1.29, 1.82) is 0 Å². The van der Waals surface area contributed by atoms with E-state index in [1.807, 2.05) is 18.2 Å². The average molecular weight is 431 g/mol. The number of hydrogen-bond donors (Lipinski definition) is 2. The smallest absolute Gasteiger partial charge is 0.335 e. The molecule has 0 bridgehead atoms. The highest BCUT2D eigenvalue weighted by Gasteiger charge is 2.27. The van der Waals surface area contributed by atoms with Crippen LogP contribution in [0, 0.1) is 0 Å². The maximum Gasteiger partial charge on any atom is 0.335 e. The zero-order valence-corrected chi connectivity index (χ0v) is 17.5. The first-order valence-corrected chi connectivity index (χ1v) is 11.7. The van der Waals surface area contributed by atoms with Gasteiger partial charge in [0, 0.05) is 26.1 Å². The van der Waals surface area contributed by atoms with Crippen LogP contribution in [0.4, 0.5) is 0 Å². The van der Waals surface area contributed by atoms with Gasteiger partial charge in [0.05, 0.1) is 10.5 Å². The fourth-order valence-electron chi connectivity index (χ4n) is 4.10. The summed E-state index contributed by atoms with van der Waals surface area (Å²) in [5, 5.41) is 9.58. The number of nitrogens with zero attached hydrogens (tertiary/aromatic N) is 1. The molecule has 2 aliphatic rings. The van der Waals surface area contributed by atoms with E-state index in [0.29, 0.717) is 31.6 Å². The minimum atomic E-state index is -3.77. The van der Waals surface area contributed by atoms with Gasteiger partial charge in [0.1, 0.15) is 11.9 Å². The molecule has 2 aliphatic heterocycles. The van der Waals surface area contributed by atoms with Crippen molar-refractivity contribution < 1.29 is 23.1 Å². The number of aromatic carboxylic acids is 1. The first-order chi connectivity index (χ1) is 14.4. The van der Waals surface area contributed by atoms with Crippen molar-refractivity contribution in [3.8, 4) is 16.9 Å². The molecular formula is C22H26N2O5S. The molecular weight excluding hydrogens is 404 g/mol. The van der Waals surface area contributed by atoms with Gasteiger partial charge in [-0.15, -0.1) is 0 Å². The molecule has 1 atom stereocenters. The summed E-state index contributed by atoms with van der Waals surface area (Å²) in [5.41, 5.74) is 7.96. The molecule has 0 radical (unpaired) electrons. The maximum absolute atomic E-state index is 13.3. The van der Waals surface area contributed by atoms with Crippen molar-refractivity contribution in [2.75, 3.05) is 19.6 Å². The molecule has 7 nitrogen and oxygen atoms in total. The normalized spacial score (nSPS) is 19.7. The molecule has 0 unspecified atom stereocenters. The van der Waals surface area contributed by atoms with Gasteiger partial charge in [-0.3, -0.25) is 0 Å². The highest BCUT2D eigenvalue weighted by atomic mass is 32.2. The predicted molar refractivity (Wildman–Crippen MR) is 113 cm³/mol. The molecule has 0 amide bonds. The van der Waals surface area contributed by atoms with Crippen LogP contribution in [0.15, 0.2) is 41.3 Å². The van der Waals surface area contributed by atoms with Crippen molar-refractivity contribution in [3.05, 3.63) is 47.5 Å². The molecule has 0 saturated carbocycles. The summed E-state index contributed by atoms with van der Waals surface area (Å²) < 4.78 is 33.8. The zero-order chi connectivity index (χ0) is 21.3. The number of carbonyl (C=O) groups is 1. The first kappa shape index (κ1) is 20.8. The lowest BCUT2D eigenvalue weighted by Gasteiger charge is -2.20. The summed E-state index contributed by atoms with van der Waals surface area (Å²) in [7, 11) is -3.77. The summed E-state index contributed by atoms with van der Waals surface area (Å²) in [4.78, 5) is 11.7. The lowest BCUT2D eigenvalue weighted by Crippen LogP contribution is -2.32. The molecule has 0 aliphatic carbocycles. The Morgan fingerprint density at radius 2 is 1.80 bits per heavy atom. The number of sulfonamides is 1. The van der Waals surface area contributed by atoms with Gasteiger partial charge in [-0.2, -0.15) is 4.31 Å². The van der Waals surface area contributed by atoms with Gasteiger partial charge >= 0.3 is 5.97 Å². The Hall–Kier alpha value is -2.42. The first-order valence-electron chi connectivity index (χ1n) is 10.3. The van der Waals surface area contributed by atoms with Crippen molar-refractivity contribution in [3.63, 3.8) is 0 Å². The van der Waals surface area contributed by atoms with E-state index in [4.69, 9.17) is 10.5 Å². The second-order valence-corrected chi connectivity index (χ2v) is 9.81. The Morgan fingerprint density at radius 1 is 1.07 bits per heavy atom. The van der Waals surface area contributed by atoms with Gasteiger partial charge in [0.15, 0.2) is 0 Å². The monoisotopic (exact) mass is 430 g/mol. The molecule has 2 aromatic carbocycles. The lowest BCUT2D eigenvalue weighted by atomic mass is 9.99. The van der Waals surface area contributed by atoms with E-state index in [-0.39, 0.29) is 16.6 Å². The molecule has 1 fully saturated rings. The number of fused-ring (bicyclic) bond motifs is 1. The fraction of sp³-hybridized carbons (Fsp3) is 0.409. The minimum Gasteiger partial charge on any atom is -0.488 e. The van der Waals surface area contributed by atoms with E-state index in [1.54, 1.807) is 6.07 Å². The zero-order valence-electron chi connectivity index (χ0n) is 16.7. The van der Waals surface area contributed by atoms with Crippen LogP contribution in [0.2, 0.25) is 0 Å². The molecule has 160 valence electrons. The molecule has 0 spiro atoms. The topological polar surface area (TPSA) is 110 Å². The summed E-state index contributed by atoms with van der Waals surface area (Å²) in [5.74, 6) is -0.391. The summed E-state index contributed by atoms with van der Waals surface area (Å²) in [6.07, 6.45) is 4.26. The molecule has 4 rings (SSSR count). The summed E-state index contributed by atoms with van der Waals surface area (Å²) in [6, 6.07) is 9.92. The van der Waals surface area contributed by atoms with E-state index in [9.17, 15) is 18.3 Å². The van der Waals surface area contributed by atoms with Crippen LogP contribution >= 0.6 is 0 Å². The van der Waals surface area contributed by atoms with Gasteiger partial charge in [-0.05, 0) is 59.9 Å². The third-order valence-corrected chi connectivity index (χ3v) is 7.63. The van der Waals surface area contributed by atoms with Crippen LogP contribution in [-0.2, 0) is 16.4 Å². The van der Waals surface area contributed by atoms with Crippen LogP contribution < -0.4 is 10.5 Å². The average Bonchev–Trinajstić information content (AvgIpc) is 2.95. The number of carboxylic acid groups (broad SMARTS) is 1. The van der Waals surface area contributed by atoms with Gasteiger partial charge in [-0.25, -0.2) is 13.2 Å². The molecule has 8 heteroatoms. The van der Waals surface area contributed by atoms with E-state index in [1.165, 1.54) is 16.4 Å². The third kappa shape index (κ3) is 4.08. The molecule has 1 saturated heterocycles. The Kier molecular flexibility index (Phi) is 5.81. The number of ether oxygens (including phenoxy) is 1.